The number of hydrogen-bond acceptors (Lipinski definition) is 1. The zero-order valence-electron chi connectivity index (χ0n) is 12.6. The molecule has 0 amide bonds. The van der Waals surface area contributed by atoms with Crippen molar-refractivity contribution in [2.24, 2.45) is 0 Å². The van der Waals surface area contributed by atoms with Crippen molar-refractivity contribution in [2.45, 2.75) is 38.6 Å². The Kier molecular flexibility index (Phi) is 5.88. The summed E-state index contributed by atoms with van der Waals surface area (Å²) in [5, 5.41) is 0.787. The summed E-state index contributed by atoms with van der Waals surface area (Å²) in [7, 11) is 0. The first-order valence-electron chi connectivity index (χ1n) is 7.08. The van der Waals surface area contributed by atoms with Crippen LogP contribution < -0.4 is 4.74 Å². The van der Waals surface area contributed by atoms with Gasteiger partial charge in [0.15, 0.2) is 0 Å². The second-order valence-corrected chi connectivity index (χ2v) is 7.01. The number of halogens is 2. The maximum Gasteiger partial charge on any atom is 0.126 e. The lowest BCUT2D eigenvalue weighted by atomic mass is 10.0. The van der Waals surface area contributed by atoms with Crippen molar-refractivity contribution >= 4 is 31.9 Å². The van der Waals surface area contributed by atoms with Crippen LogP contribution in [-0.2, 0) is 11.9 Å². The monoisotopic (exact) mass is 410 g/mol. The molecule has 0 aliphatic carbocycles. The quantitative estimate of drug-likeness (QED) is 0.520. The highest BCUT2D eigenvalue weighted by molar-refractivity contribution is 9.10. The van der Waals surface area contributed by atoms with Crippen LogP contribution in [0, 0.1) is 6.92 Å². The molecule has 0 aliphatic heterocycles. The molecule has 0 radical (unpaired) electrons. The molecule has 2 rings (SSSR count). The van der Waals surface area contributed by atoms with E-state index in [1.54, 1.807) is 0 Å². The summed E-state index contributed by atoms with van der Waals surface area (Å²) >= 11 is 7.06. The number of benzene rings is 2. The molecule has 0 aliphatic rings. The van der Waals surface area contributed by atoms with Crippen molar-refractivity contribution in [3.05, 3.63) is 63.1 Å². The van der Waals surface area contributed by atoms with Crippen molar-refractivity contribution in [3.8, 4) is 5.75 Å². The number of alkyl halides is 1. The zero-order chi connectivity index (χ0) is 15.4. The minimum Gasteiger partial charge on any atom is -0.488 e. The molecule has 0 N–H and O–H groups in total. The van der Waals surface area contributed by atoms with Gasteiger partial charge >= 0.3 is 0 Å². The highest BCUT2D eigenvalue weighted by atomic mass is 79.9. The molecular weight excluding hydrogens is 392 g/mol. The van der Waals surface area contributed by atoms with Crippen LogP contribution in [0.3, 0.4) is 0 Å². The maximum atomic E-state index is 6.05. The van der Waals surface area contributed by atoms with E-state index in [-0.39, 0.29) is 0 Å². The second-order valence-electron chi connectivity index (χ2n) is 5.53. The first-order chi connectivity index (χ1) is 10.0. The molecule has 112 valence electrons. The predicted octanol–water partition coefficient (Wildman–Crippen LogP) is 6.35. The van der Waals surface area contributed by atoms with Gasteiger partial charge in [-0.1, -0.05) is 70.0 Å². The van der Waals surface area contributed by atoms with Crippen LogP contribution in [0.15, 0.2) is 40.9 Å². The van der Waals surface area contributed by atoms with Gasteiger partial charge in [0, 0.05) is 15.4 Å². The smallest absolute Gasteiger partial charge is 0.126 e. The van der Waals surface area contributed by atoms with Gasteiger partial charge < -0.3 is 4.74 Å². The van der Waals surface area contributed by atoms with Crippen LogP contribution in [-0.4, -0.2) is 0 Å². The average Bonchev–Trinajstić information content (AvgIpc) is 2.46. The van der Waals surface area contributed by atoms with Gasteiger partial charge in [-0.3, -0.25) is 0 Å². The summed E-state index contributed by atoms with van der Waals surface area (Å²) < 4.78 is 7.14. The summed E-state index contributed by atoms with van der Waals surface area (Å²) in [6.45, 7) is 7.09. The molecule has 3 heteroatoms. The Morgan fingerprint density at radius 3 is 2.33 bits per heavy atom. The van der Waals surface area contributed by atoms with Crippen LogP contribution in [0.4, 0.5) is 0 Å². The number of rotatable bonds is 5. The zero-order valence-corrected chi connectivity index (χ0v) is 15.8. The summed E-state index contributed by atoms with van der Waals surface area (Å²) in [5.41, 5.74) is 4.88. The molecule has 0 aromatic heterocycles. The lowest BCUT2D eigenvalue weighted by Crippen LogP contribution is -2.00. The van der Waals surface area contributed by atoms with Gasteiger partial charge in [0.05, 0.1) is 0 Å². The van der Waals surface area contributed by atoms with Gasteiger partial charge in [0.1, 0.15) is 12.4 Å². The molecule has 2 aromatic rings. The fraction of sp³-hybridized carbons (Fsp3) is 0.333. The highest BCUT2D eigenvalue weighted by Gasteiger charge is 2.09. The predicted molar refractivity (Wildman–Crippen MR) is 96.4 cm³/mol. The van der Waals surface area contributed by atoms with E-state index in [9.17, 15) is 0 Å². The van der Waals surface area contributed by atoms with Gasteiger partial charge in [-0.05, 0) is 41.7 Å². The summed E-state index contributed by atoms with van der Waals surface area (Å²) in [6, 6.07) is 12.9. The van der Waals surface area contributed by atoms with Gasteiger partial charge in [0.2, 0.25) is 0 Å². The molecule has 0 saturated carbocycles. The number of aryl methyl sites for hydroxylation is 1. The molecule has 2 aromatic carbocycles. The topological polar surface area (TPSA) is 9.23 Å². The molecule has 0 spiro atoms. The molecular formula is C18H20Br2O. The van der Waals surface area contributed by atoms with Crippen molar-refractivity contribution in [1.82, 2.24) is 0 Å². The Hall–Kier alpha value is -0.800. The summed E-state index contributed by atoms with van der Waals surface area (Å²) in [6.07, 6.45) is 0. The lowest BCUT2D eigenvalue weighted by molar-refractivity contribution is 0.301. The van der Waals surface area contributed by atoms with Gasteiger partial charge in [-0.2, -0.15) is 0 Å². The summed E-state index contributed by atoms with van der Waals surface area (Å²) in [5.74, 6) is 1.54. The SMILES string of the molecule is Cc1cc(Br)cc(CBr)c1OCc1ccc(C(C)C)cc1. The molecule has 0 fully saturated rings. The highest BCUT2D eigenvalue weighted by Crippen LogP contribution is 2.30. The fourth-order valence-electron chi connectivity index (χ4n) is 2.26. The maximum absolute atomic E-state index is 6.05. The first-order valence-corrected chi connectivity index (χ1v) is 8.99. The van der Waals surface area contributed by atoms with E-state index in [4.69, 9.17) is 4.74 Å². The van der Waals surface area contributed by atoms with Crippen LogP contribution in [0.5, 0.6) is 5.75 Å². The minimum absolute atomic E-state index is 0.564. The third-order valence-corrected chi connectivity index (χ3v) is 4.55. The Morgan fingerprint density at radius 1 is 1.10 bits per heavy atom. The van der Waals surface area contributed by atoms with E-state index in [2.05, 4.69) is 89.0 Å². The lowest BCUT2D eigenvalue weighted by Gasteiger charge is -2.14. The van der Waals surface area contributed by atoms with Crippen molar-refractivity contribution in [3.63, 3.8) is 0 Å². The van der Waals surface area contributed by atoms with Gasteiger partial charge in [-0.15, -0.1) is 0 Å². The molecule has 0 atom stereocenters. The normalized spacial score (nSPS) is 11.0. The number of ether oxygens (including phenoxy) is 1. The second kappa shape index (κ2) is 7.46. The Labute approximate surface area is 144 Å². The largest absolute Gasteiger partial charge is 0.488 e. The standard InChI is InChI=1S/C18H20Br2O/c1-12(2)15-6-4-14(5-7-15)11-21-18-13(3)8-17(20)9-16(18)10-19/h4-9,12H,10-11H2,1-3H3. The Bertz CT molecular complexity index is 603. The molecule has 0 heterocycles. The molecule has 21 heavy (non-hydrogen) atoms. The summed E-state index contributed by atoms with van der Waals surface area (Å²) in [4.78, 5) is 0. The average molecular weight is 412 g/mol. The fourth-order valence-corrected chi connectivity index (χ4v) is 3.30. The molecule has 0 bridgehead atoms. The van der Waals surface area contributed by atoms with Crippen LogP contribution >= 0.6 is 31.9 Å². The molecule has 0 unspecified atom stereocenters. The van der Waals surface area contributed by atoms with E-state index in [0.29, 0.717) is 12.5 Å². The van der Waals surface area contributed by atoms with E-state index >= 15 is 0 Å². The van der Waals surface area contributed by atoms with Gasteiger partial charge in [-0.25, -0.2) is 0 Å². The number of hydrogen-bond donors (Lipinski definition) is 0. The Morgan fingerprint density at radius 2 is 1.76 bits per heavy atom. The van der Waals surface area contributed by atoms with Crippen molar-refractivity contribution in [2.75, 3.05) is 0 Å². The van der Waals surface area contributed by atoms with E-state index in [0.717, 1.165) is 21.1 Å². The Balaban J connectivity index is 2.13. The van der Waals surface area contributed by atoms with E-state index in [1.165, 1.54) is 16.7 Å². The van der Waals surface area contributed by atoms with Crippen LogP contribution in [0.2, 0.25) is 0 Å². The van der Waals surface area contributed by atoms with Gasteiger partial charge in [0.25, 0.3) is 0 Å². The first kappa shape index (κ1) is 16.6. The van der Waals surface area contributed by atoms with E-state index in [1.807, 2.05) is 0 Å². The van der Waals surface area contributed by atoms with Crippen molar-refractivity contribution < 1.29 is 4.74 Å². The van der Waals surface area contributed by atoms with E-state index < -0.39 is 0 Å². The third-order valence-electron chi connectivity index (χ3n) is 3.49. The third kappa shape index (κ3) is 4.33. The molecule has 0 saturated heterocycles. The molecule has 1 nitrogen and oxygen atoms in total. The minimum atomic E-state index is 0.564. The van der Waals surface area contributed by atoms with Crippen LogP contribution in [0.25, 0.3) is 0 Å². The van der Waals surface area contributed by atoms with Crippen molar-refractivity contribution in [1.29, 1.82) is 0 Å². The van der Waals surface area contributed by atoms with Crippen LogP contribution in [0.1, 0.15) is 42.0 Å².